The fourth-order valence-corrected chi connectivity index (χ4v) is 2.47. The van der Waals surface area contributed by atoms with E-state index in [9.17, 15) is 9.59 Å². The molecule has 108 valence electrons. The standard InChI is InChI=1S/C17H16BrNO2/c1-10-8-12(3)19-17(21)15(10)16(20)11(2)9-13-4-6-14(18)7-5-13/h4-9H,1-3H3,(H,19,21)/b11-9+. The molecule has 1 aromatic carbocycles. The number of carbonyl (C=O) groups is 1. The molecule has 0 radical (unpaired) electrons. The van der Waals surface area contributed by atoms with Crippen molar-refractivity contribution in [2.24, 2.45) is 0 Å². The number of benzene rings is 1. The van der Waals surface area contributed by atoms with Crippen LogP contribution in [-0.4, -0.2) is 10.8 Å². The lowest BCUT2D eigenvalue weighted by atomic mass is 9.99. The lowest BCUT2D eigenvalue weighted by Crippen LogP contribution is -2.21. The van der Waals surface area contributed by atoms with E-state index in [0.29, 0.717) is 11.1 Å². The fourth-order valence-electron chi connectivity index (χ4n) is 2.21. The molecule has 0 fully saturated rings. The van der Waals surface area contributed by atoms with Crippen molar-refractivity contribution < 1.29 is 4.79 Å². The van der Waals surface area contributed by atoms with Crippen molar-refractivity contribution in [2.75, 3.05) is 0 Å². The Labute approximate surface area is 131 Å². The zero-order valence-corrected chi connectivity index (χ0v) is 13.7. The third-order valence-corrected chi connectivity index (χ3v) is 3.73. The number of halogens is 1. The topological polar surface area (TPSA) is 49.9 Å². The molecule has 0 spiro atoms. The van der Waals surface area contributed by atoms with E-state index in [-0.39, 0.29) is 16.9 Å². The van der Waals surface area contributed by atoms with E-state index in [2.05, 4.69) is 20.9 Å². The van der Waals surface area contributed by atoms with Gasteiger partial charge in [-0.1, -0.05) is 28.1 Å². The first kappa shape index (κ1) is 15.4. The highest BCUT2D eigenvalue weighted by Crippen LogP contribution is 2.16. The Hall–Kier alpha value is -1.94. The number of allylic oxidation sites excluding steroid dienone is 1. The van der Waals surface area contributed by atoms with E-state index in [1.54, 1.807) is 26.8 Å². The first-order valence-corrected chi connectivity index (χ1v) is 7.37. The summed E-state index contributed by atoms with van der Waals surface area (Å²) >= 11 is 3.37. The lowest BCUT2D eigenvalue weighted by Gasteiger charge is -2.06. The highest BCUT2D eigenvalue weighted by Gasteiger charge is 2.15. The van der Waals surface area contributed by atoms with Gasteiger partial charge in [0.05, 0.1) is 5.56 Å². The minimum Gasteiger partial charge on any atom is -0.326 e. The van der Waals surface area contributed by atoms with Crippen LogP contribution >= 0.6 is 15.9 Å². The van der Waals surface area contributed by atoms with Crippen LogP contribution in [0.15, 0.2) is 45.2 Å². The number of nitrogens with one attached hydrogen (secondary N) is 1. The predicted octanol–water partition coefficient (Wildman–Crippen LogP) is 4.04. The zero-order chi connectivity index (χ0) is 15.6. The van der Waals surface area contributed by atoms with Gasteiger partial charge in [0, 0.05) is 10.2 Å². The maximum absolute atomic E-state index is 12.5. The molecule has 0 aliphatic carbocycles. The maximum atomic E-state index is 12.5. The van der Waals surface area contributed by atoms with E-state index in [1.807, 2.05) is 30.3 Å². The number of aromatic amines is 1. The number of hydrogen-bond acceptors (Lipinski definition) is 2. The molecule has 0 amide bonds. The van der Waals surface area contributed by atoms with Gasteiger partial charge in [-0.05, 0) is 61.7 Å². The quantitative estimate of drug-likeness (QED) is 0.674. The van der Waals surface area contributed by atoms with Crippen LogP contribution in [-0.2, 0) is 0 Å². The Kier molecular flexibility index (Phi) is 4.58. The van der Waals surface area contributed by atoms with Gasteiger partial charge in [0.25, 0.3) is 5.56 Å². The van der Waals surface area contributed by atoms with Crippen molar-refractivity contribution >= 4 is 27.8 Å². The van der Waals surface area contributed by atoms with Gasteiger partial charge in [-0.3, -0.25) is 9.59 Å². The molecular weight excluding hydrogens is 330 g/mol. The van der Waals surface area contributed by atoms with E-state index < -0.39 is 0 Å². The van der Waals surface area contributed by atoms with Gasteiger partial charge in [-0.25, -0.2) is 0 Å². The van der Waals surface area contributed by atoms with Crippen LogP contribution in [0.1, 0.15) is 34.1 Å². The normalized spacial score (nSPS) is 11.5. The highest BCUT2D eigenvalue weighted by molar-refractivity contribution is 9.10. The van der Waals surface area contributed by atoms with Crippen molar-refractivity contribution in [3.05, 3.63) is 73.1 Å². The van der Waals surface area contributed by atoms with Gasteiger partial charge in [0.1, 0.15) is 0 Å². The summed E-state index contributed by atoms with van der Waals surface area (Å²) in [5.41, 5.74) is 2.79. The van der Waals surface area contributed by atoms with Crippen LogP contribution in [0.5, 0.6) is 0 Å². The molecule has 0 bridgehead atoms. The van der Waals surface area contributed by atoms with Gasteiger partial charge in [0.15, 0.2) is 5.78 Å². The smallest absolute Gasteiger partial charge is 0.259 e. The van der Waals surface area contributed by atoms with E-state index in [1.165, 1.54) is 0 Å². The molecule has 21 heavy (non-hydrogen) atoms. The van der Waals surface area contributed by atoms with Crippen LogP contribution in [0.2, 0.25) is 0 Å². The highest BCUT2D eigenvalue weighted by atomic mass is 79.9. The molecule has 1 heterocycles. The molecule has 0 aliphatic rings. The number of rotatable bonds is 3. The Morgan fingerprint density at radius 1 is 1.19 bits per heavy atom. The summed E-state index contributed by atoms with van der Waals surface area (Å²) < 4.78 is 0.981. The summed E-state index contributed by atoms with van der Waals surface area (Å²) in [5, 5.41) is 0. The minimum absolute atomic E-state index is 0.214. The van der Waals surface area contributed by atoms with Crippen molar-refractivity contribution in [3.8, 4) is 0 Å². The number of Topliss-reactive ketones (excluding diaryl/α,β-unsaturated/α-hetero) is 1. The first-order chi connectivity index (χ1) is 9.88. The molecule has 0 aliphatic heterocycles. The molecule has 1 N–H and O–H groups in total. The van der Waals surface area contributed by atoms with Gasteiger partial charge in [-0.2, -0.15) is 0 Å². The Morgan fingerprint density at radius 3 is 2.38 bits per heavy atom. The molecular formula is C17H16BrNO2. The molecule has 2 rings (SSSR count). The fraction of sp³-hybridized carbons (Fsp3) is 0.176. The van der Waals surface area contributed by atoms with E-state index >= 15 is 0 Å². The van der Waals surface area contributed by atoms with E-state index in [0.717, 1.165) is 15.7 Å². The van der Waals surface area contributed by atoms with Gasteiger partial charge in [-0.15, -0.1) is 0 Å². The Morgan fingerprint density at radius 2 is 1.81 bits per heavy atom. The Bertz CT molecular complexity index is 770. The third-order valence-electron chi connectivity index (χ3n) is 3.20. The number of aryl methyl sites for hydroxylation is 2. The van der Waals surface area contributed by atoms with Crippen LogP contribution < -0.4 is 5.56 Å². The minimum atomic E-state index is -0.332. The number of aromatic nitrogens is 1. The number of pyridine rings is 1. The van der Waals surface area contributed by atoms with Crippen molar-refractivity contribution in [2.45, 2.75) is 20.8 Å². The predicted molar refractivity (Wildman–Crippen MR) is 88.7 cm³/mol. The molecule has 2 aromatic rings. The van der Waals surface area contributed by atoms with Gasteiger partial charge >= 0.3 is 0 Å². The van der Waals surface area contributed by atoms with Crippen LogP contribution in [0.3, 0.4) is 0 Å². The molecule has 0 unspecified atom stereocenters. The van der Waals surface area contributed by atoms with Crippen molar-refractivity contribution in [3.63, 3.8) is 0 Å². The summed E-state index contributed by atoms with van der Waals surface area (Å²) in [7, 11) is 0. The van der Waals surface area contributed by atoms with Crippen LogP contribution in [0.25, 0.3) is 6.08 Å². The summed E-state index contributed by atoms with van der Waals surface area (Å²) in [5.74, 6) is -0.239. The largest absolute Gasteiger partial charge is 0.326 e. The summed E-state index contributed by atoms with van der Waals surface area (Å²) in [6, 6.07) is 9.45. The molecule has 3 nitrogen and oxygen atoms in total. The molecule has 0 atom stereocenters. The summed E-state index contributed by atoms with van der Waals surface area (Å²) in [4.78, 5) is 27.1. The average Bonchev–Trinajstić information content (AvgIpc) is 2.40. The van der Waals surface area contributed by atoms with E-state index in [4.69, 9.17) is 0 Å². The number of ketones is 1. The maximum Gasteiger partial charge on any atom is 0.259 e. The third kappa shape index (κ3) is 3.58. The first-order valence-electron chi connectivity index (χ1n) is 6.57. The zero-order valence-electron chi connectivity index (χ0n) is 12.2. The Balaban J connectivity index is 2.40. The summed E-state index contributed by atoms with van der Waals surface area (Å²) in [6.45, 7) is 5.30. The SMILES string of the molecule is C/C(=C\c1ccc(Br)cc1)C(=O)c1c(C)cc(C)[nH]c1=O. The van der Waals surface area contributed by atoms with Crippen molar-refractivity contribution in [1.82, 2.24) is 4.98 Å². The van der Waals surface area contributed by atoms with Gasteiger partial charge in [0.2, 0.25) is 0 Å². The second kappa shape index (κ2) is 6.22. The molecule has 1 aromatic heterocycles. The van der Waals surface area contributed by atoms with Crippen LogP contribution in [0, 0.1) is 13.8 Å². The second-order valence-corrected chi connectivity index (χ2v) is 5.96. The van der Waals surface area contributed by atoms with Gasteiger partial charge < -0.3 is 4.98 Å². The lowest BCUT2D eigenvalue weighted by molar-refractivity contribution is 0.103. The second-order valence-electron chi connectivity index (χ2n) is 5.05. The monoisotopic (exact) mass is 345 g/mol. The van der Waals surface area contributed by atoms with Crippen molar-refractivity contribution in [1.29, 1.82) is 0 Å². The number of hydrogen-bond donors (Lipinski definition) is 1. The molecule has 0 saturated heterocycles. The average molecular weight is 346 g/mol. The summed E-state index contributed by atoms with van der Waals surface area (Å²) in [6.07, 6.45) is 1.79. The molecule has 4 heteroatoms. The number of carbonyl (C=O) groups excluding carboxylic acids is 1. The number of H-pyrrole nitrogens is 1. The van der Waals surface area contributed by atoms with Crippen LogP contribution in [0.4, 0.5) is 0 Å². The molecule has 0 saturated carbocycles.